The molecule has 12 nitrogen and oxygen atoms in total. The molecule has 0 radical (unpaired) electrons. The number of nitrogens with one attached hydrogen (secondary N) is 1. The monoisotopic (exact) mass is 642 g/mol. The molecule has 3 aromatic heterocycles. The van der Waals surface area contributed by atoms with Gasteiger partial charge in [-0.2, -0.15) is 14.9 Å². The zero-order chi connectivity index (χ0) is 34.3. The van der Waals surface area contributed by atoms with E-state index in [1.807, 2.05) is 53.6 Å². The summed E-state index contributed by atoms with van der Waals surface area (Å²) in [6, 6.07) is 13.0. The van der Waals surface area contributed by atoms with Gasteiger partial charge >= 0.3 is 0 Å². The highest BCUT2D eigenvalue weighted by atomic mass is 19.1. The Balaban J connectivity index is 1.52. The standard InChI is InChI=1S/C34H39FN8O4/c1-33(2,3)21-14-20-17-36-43(32(46)30(20)24(35)15-21)27-11-9-10-22(23(27)18-44)25-16-26(31(45)42(8)40-25)37-28-12-13-29(39-38-28)47-34(4,5)19-41(6)7/h9-17,44H,18-19H2,1-8H3,(H,37,38). The number of halogens is 1. The minimum Gasteiger partial charge on any atom is -0.469 e. The predicted octanol–water partition coefficient (Wildman–Crippen LogP) is 4.33. The van der Waals surface area contributed by atoms with Crippen LogP contribution in [0.4, 0.5) is 15.9 Å². The molecule has 0 fully saturated rings. The smallest absolute Gasteiger partial charge is 0.290 e. The highest BCUT2D eigenvalue weighted by molar-refractivity contribution is 5.83. The molecule has 0 aliphatic rings. The maximum atomic E-state index is 15.3. The van der Waals surface area contributed by atoms with E-state index >= 15 is 4.39 Å². The lowest BCUT2D eigenvalue weighted by Gasteiger charge is -2.28. The first-order valence-electron chi connectivity index (χ1n) is 15.1. The maximum Gasteiger partial charge on any atom is 0.290 e. The summed E-state index contributed by atoms with van der Waals surface area (Å²) < 4.78 is 23.5. The molecule has 0 spiro atoms. The van der Waals surface area contributed by atoms with Gasteiger partial charge in [0.1, 0.15) is 17.1 Å². The van der Waals surface area contributed by atoms with Gasteiger partial charge in [0.2, 0.25) is 5.88 Å². The molecule has 0 saturated carbocycles. The van der Waals surface area contributed by atoms with Crippen LogP contribution in [0.1, 0.15) is 45.7 Å². The molecule has 0 aliphatic carbocycles. The van der Waals surface area contributed by atoms with Gasteiger partial charge in [-0.05, 0) is 69.3 Å². The number of nitrogens with zero attached hydrogens (tertiary/aromatic N) is 7. The number of aryl methyl sites for hydroxylation is 1. The highest BCUT2D eigenvalue weighted by Crippen LogP contribution is 2.30. The van der Waals surface area contributed by atoms with Crippen LogP contribution in [0.3, 0.4) is 0 Å². The third kappa shape index (κ3) is 7.05. The predicted molar refractivity (Wildman–Crippen MR) is 179 cm³/mol. The van der Waals surface area contributed by atoms with Crippen LogP contribution < -0.4 is 21.2 Å². The summed E-state index contributed by atoms with van der Waals surface area (Å²) in [6.07, 6.45) is 1.44. The Morgan fingerprint density at radius 2 is 1.74 bits per heavy atom. The number of fused-ring (bicyclic) bond motifs is 1. The Bertz CT molecular complexity index is 2070. The van der Waals surface area contributed by atoms with Gasteiger partial charge in [0, 0.05) is 36.2 Å². The fraction of sp³-hybridized carbons (Fsp3) is 0.353. The second-order valence-electron chi connectivity index (χ2n) is 13.3. The average molecular weight is 643 g/mol. The van der Waals surface area contributed by atoms with E-state index in [9.17, 15) is 14.7 Å². The van der Waals surface area contributed by atoms with Crippen molar-refractivity contribution in [2.75, 3.05) is 26.0 Å². The molecule has 5 aromatic rings. The lowest BCUT2D eigenvalue weighted by molar-refractivity contribution is 0.0715. The fourth-order valence-electron chi connectivity index (χ4n) is 5.50. The zero-order valence-corrected chi connectivity index (χ0v) is 27.8. The molecule has 0 amide bonds. The van der Waals surface area contributed by atoms with Gasteiger partial charge in [-0.25, -0.2) is 9.07 Å². The van der Waals surface area contributed by atoms with Crippen molar-refractivity contribution in [3.05, 3.63) is 92.4 Å². The van der Waals surface area contributed by atoms with Crippen LogP contribution in [-0.2, 0) is 19.1 Å². The number of hydrogen-bond donors (Lipinski definition) is 2. The number of benzene rings is 2. The van der Waals surface area contributed by atoms with Gasteiger partial charge in [0.25, 0.3) is 11.1 Å². The van der Waals surface area contributed by atoms with Crippen LogP contribution in [0.2, 0.25) is 0 Å². The Morgan fingerprint density at radius 3 is 2.38 bits per heavy atom. The number of ether oxygens (including phenoxy) is 1. The number of rotatable bonds is 9. The van der Waals surface area contributed by atoms with Crippen molar-refractivity contribution >= 4 is 22.3 Å². The molecule has 0 unspecified atom stereocenters. The summed E-state index contributed by atoms with van der Waals surface area (Å²) in [5.74, 6) is -0.00964. The van der Waals surface area contributed by atoms with Crippen molar-refractivity contribution in [2.45, 2.75) is 52.2 Å². The second kappa shape index (κ2) is 12.6. The van der Waals surface area contributed by atoms with Gasteiger partial charge in [-0.3, -0.25) is 9.59 Å². The fourth-order valence-corrected chi connectivity index (χ4v) is 5.50. The van der Waals surface area contributed by atoms with Crippen LogP contribution in [0, 0.1) is 5.82 Å². The largest absolute Gasteiger partial charge is 0.469 e. The van der Waals surface area contributed by atoms with Crippen LogP contribution in [0.15, 0.2) is 64.3 Å². The average Bonchev–Trinajstić information content (AvgIpc) is 2.98. The Morgan fingerprint density at radius 1 is 1.00 bits per heavy atom. The summed E-state index contributed by atoms with van der Waals surface area (Å²) in [6.45, 7) is 9.96. The molecule has 13 heteroatoms. The number of hydrogen-bond acceptors (Lipinski definition) is 10. The molecule has 0 atom stereocenters. The molecular formula is C34H39FN8O4. The molecule has 2 aromatic carbocycles. The van der Waals surface area contributed by atoms with E-state index in [-0.39, 0.29) is 22.2 Å². The number of aromatic nitrogens is 6. The van der Waals surface area contributed by atoms with Crippen molar-refractivity contribution in [1.29, 1.82) is 0 Å². The summed E-state index contributed by atoms with van der Waals surface area (Å²) in [5, 5.41) is 30.9. The minimum atomic E-state index is -0.667. The number of likely N-dealkylation sites (N-methyl/N-ethyl adjacent to an activating group) is 1. The van der Waals surface area contributed by atoms with E-state index in [2.05, 4.69) is 25.7 Å². The maximum absolute atomic E-state index is 15.3. The van der Waals surface area contributed by atoms with E-state index in [0.717, 1.165) is 14.9 Å². The summed E-state index contributed by atoms with van der Waals surface area (Å²) in [7, 11) is 5.41. The van der Waals surface area contributed by atoms with Crippen molar-refractivity contribution in [3.8, 4) is 22.8 Å². The second-order valence-corrected chi connectivity index (χ2v) is 13.3. The van der Waals surface area contributed by atoms with Crippen molar-refractivity contribution in [1.82, 2.24) is 34.7 Å². The van der Waals surface area contributed by atoms with Crippen molar-refractivity contribution in [2.24, 2.45) is 7.05 Å². The molecule has 5 rings (SSSR count). The molecule has 2 N–H and O–H groups in total. The first-order chi connectivity index (χ1) is 22.1. The summed E-state index contributed by atoms with van der Waals surface area (Å²) in [5.41, 5.74) is 0.302. The highest BCUT2D eigenvalue weighted by Gasteiger charge is 2.23. The van der Waals surface area contributed by atoms with Crippen LogP contribution >= 0.6 is 0 Å². The molecule has 246 valence electrons. The van der Waals surface area contributed by atoms with Crippen molar-refractivity contribution < 1.29 is 14.2 Å². The van der Waals surface area contributed by atoms with Gasteiger partial charge in [-0.1, -0.05) is 32.9 Å². The quantitative estimate of drug-likeness (QED) is 0.239. The first kappa shape index (κ1) is 33.4. The van der Waals surface area contributed by atoms with E-state index in [4.69, 9.17) is 4.74 Å². The van der Waals surface area contributed by atoms with Gasteiger partial charge in [0.15, 0.2) is 5.82 Å². The van der Waals surface area contributed by atoms with E-state index in [0.29, 0.717) is 40.4 Å². The molecule has 3 heterocycles. The van der Waals surface area contributed by atoms with E-state index in [1.165, 1.54) is 25.4 Å². The minimum absolute atomic E-state index is 0.104. The Hall–Kier alpha value is -5.01. The van der Waals surface area contributed by atoms with E-state index in [1.54, 1.807) is 36.4 Å². The van der Waals surface area contributed by atoms with Crippen LogP contribution in [0.5, 0.6) is 5.88 Å². The first-order valence-corrected chi connectivity index (χ1v) is 15.1. The number of anilines is 2. The van der Waals surface area contributed by atoms with Crippen LogP contribution in [0.25, 0.3) is 27.7 Å². The molecule has 47 heavy (non-hydrogen) atoms. The third-order valence-electron chi connectivity index (χ3n) is 7.56. The Labute approximate surface area is 271 Å². The van der Waals surface area contributed by atoms with Gasteiger partial charge < -0.3 is 20.1 Å². The SMILES string of the molecule is CN(C)CC(C)(C)Oc1ccc(Nc2cc(-c3cccc(-n4ncc5cc(C(C)(C)C)cc(F)c5c4=O)c3CO)nn(C)c2=O)nn1. The Kier molecular flexibility index (Phi) is 8.98. The lowest BCUT2D eigenvalue weighted by Crippen LogP contribution is -2.39. The summed E-state index contributed by atoms with van der Waals surface area (Å²) in [4.78, 5) is 28.7. The van der Waals surface area contributed by atoms with Gasteiger partial charge in [0.05, 0.1) is 29.6 Å². The molecule has 0 bridgehead atoms. The topological polar surface area (TPSA) is 140 Å². The lowest BCUT2D eigenvalue weighted by atomic mass is 9.86. The third-order valence-corrected chi connectivity index (χ3v) is 7.56. The van der Waals surface area contributed by atoms with Gasteiger partial charge in [-0.15, -0.1) is 10.2 Å². The zero-order valence-electron chi connectivity index (χ0n) is 27.8. The summed E-state index contributed by atoms with van der Waals surface area (Å²) >= 11 is 0. The molecular weight excluding hydrogens is 603 g/mol. The molecule has 0 saturated heterocycles. The number of aliphatic hydroxyl groups is 1. The molecule has 0 aliphatic heterocycles. The van der Waals surface area contributed by atoms with Crippen molar-refractivity contribution in [3.63, 3.8) is 0 Å². The number of aliphatic hydroxyl groups excluding tert-OH is 1. The normalized spacial score (nSPS) is 12.1. The van der Waals surface area contributed by atoms with Crippen LogP contribution in [-0.4, -0.2) is 66.0 Å². The van der Waals surface area contributed by atoms with E-state index < -0.39 is 29.1 Å².